The summed E-state index contributed by atoms with van der Waals surface area (Å²) in [5.74, 6) is -0.835. The molecule has 1 heterocycles. The third-order valence-corrected chi connectivity index (χ3v) is 7.63. The number of nitrogens with one attached hydrogen (secondary N) is 1. The van der Waals surface area contributed by atoms with Gasteiger partial charge in [-0.15, -0.1) is 0 Å². The predicted molar refractivity (Wildman–Crippen MR) is 152 cm³/mol. The molecule has 39 heavy (non-hydrogen) atoms. The molecule has 1 fully saturated rings. The Bertz CT molecular complexity index is 1090. The van der Waals surface area contributed by atoms with Crippen LogP contribution in [0.1, 0.15) is 76.5 Å². The molecule has 212 valence electrons. The number of Topliss-reactive ketones (excluding diaryl/α,β-unsaturated/α-hetero) is 1. The van der Waals surface area contributed by atoms with Crippen molar-refractivity contribution in [2.24, 2.45) is 5.41 Å². The van der Waals surface area contributed by atoms with E-state index in [9.17, 15) is 14.4 Å². The van der Waals surface area contributed by atoms with Gasteiger partial charge in [-0.1, -0.05) is 63.2 Å². The van der Waals surface area contributed by atoms with E-state index in [1.54, 1.807) is 13.8 Å². The smallest absolute Gasteiger partial charge is 0.329 e. The first kappa shape index (κ1) is 30.6. The number of nitrogens with zero attached hydrogens (tertiary/aromatic N) is 1. The lowest BCUT2D eigenvalue weighted by atomic mass is 9.84. The van der Waals surface area contributed by atoms with Crippen LogP contribution in [-0.2, 0) is 25.5 Å². The maximum atomic E-state index is 13.6. The minimum Gasteiger partial charge on any atom is -0.494 e. The van der Waals surface area contributed by atoms with Crippen LogP contribution in [0.5, 0.6) is 5.75 Å². The molecule has 1 aliphatic rings. The minimum absolute atomic E-state index is 0.374. The zero-order valence-corrected chi connectivity index (χ0v) is 24.0. The normalized spacial score (nSPS) is 16.4. The van der Waals surface area contributed by atoms with Gasteiger partial charge in [0, 0.05) is 18.5 Å². The molecule has 8 heteroatoms. The zero-order valence-electron chi connectivity index (χ0n) is 23.3. The third-order valence-electron chi connectivity index (χ3n) is 7.44. The maximum Gasteiger partial charge on any atom is 0.329 e. The van der Waals surface area contributed by atoms with Gasteiger partial charge in [-0.3, -0.25) is 9.59 Å². The second-order valence-corrected chi connectivity index (χ2v) is 11.0. The molecule has 0 bridgehead atoms. The van der Waals surface area contributed by atoms with Crippen LogP contribution in [-0.4, -0.2) is 48.3 Å². The summed E-state index contributed by atoms with van der Waals surface area (Å²) in [6.07, 6.45) is 4.07. The number of benzene rings is 2. The van der Waals surface area contributed by atoms with Gasteiger partial charge in [-0.05, 0) is 80.0 Å². The fourth-order valence-electron chi connectivity index (χ4n) is 4.59. The molecule has 0 saturated carbocycles. The monoisotopic (exact) mass is 556 g/mol. The Morgan fingerprint density at radius 2 is 1.87 bits per heavy atom. The molecule has 7 nitrogen and oxygen atoms in total. The fraction of sp³-hybridized carbons (Fsp3) is 0.516. The molecule has 1 N–H and O–H groups in total. The molecule has 0 aliphatic carbocycles. The summed E-state index contributed by atoms with van der Waals surface area (Å²) in [5.41, 5.74) is 1.19. The summed E-state index contributed by atoms with van der Waals surface area (Å²) in [4.78, 5) is 43.8. The van der Waals surface area contributed by atoms with Crippen LogP contribution in [0.3, 0.4) is 0 Å². The summed E-state index contributed by atoms with van der Waals surface area (Å²) in [6.45, 7) is 6.93. The highest BCUT2D eigenvalue weighted by Crippen LogP contribution is 2.30. The number of hydrogen-bond donors (Lipinski definition) is 1. The van der Waals surface area contributed by atoms with E-state index in [1.807, 2.05) is 61.5 Å². The second-order valence-electron chi connectivity index (χ2n) is 10.7. The summed E-state index contributed by atoms with van der Waals surface area (Å²) in [6, 6.07) is 16.8. The largest absolute Gasteiger partial charge is 0.494 e. The van der Waals surface area contributed by atoms with Crippen LogP contribution in [0, 0.1) is 5.41 Å². The van der Waals surface area contributed by atoms with Gasteiger partial charge < -0.3 is 14.4 Å². The Labute approximate surface area is 237 Å². The quantitative estimate of drug-likeness (QED) is 0.137. The summed E-state index contributed by atoms with van der Waals surface area (Å²) >= 11 is 5.53. The molecular weight excluding hydrogens is 516 g/mol. The van der Waals surface area contributed by atoms with Crippen molar-refractivity contribution in [1.29, 1.82) is 0 Å². The second kappa shape index (κ2) is 15.0. The number of esters is 1. The number of rotatable bonds is 14. The van der Waals surface area contributed by atoms with Crippen molar-refractivity contribution in [3.63, 3.8) is 0 Å². The molecule has 0 spiro atoms. The Morgan fingerprint density at radius 1 is 1.10 bits per heavy atom. The Balaban J connectivity index is 1.79. The lowest BCUT2D eigenvalue weighted by Gasteiger charge is -2.36. The number of likely N-dealkylation sites (tertiary alicyclic amines) is 1. The van der Waals surface area contributed by atoms with Gasteiger partial charge in [-0.2, -0.15) is 0 Å². The lowest BCUT2D eigenvalue weighted by Crippen LogP contribution is -2.53. The number of hydrogen-bond acceptors (Lipinski definition) is 6. The van der Waals surface area contributed by atoms with E-state index < -0.39 is 35.2 Å². The van der Waals surface area contributed by atoms with E-state index in [0.29, 0.717) is 51.1 Å². The zero-order chi connectivity index (χ0) is 28.3. The molecular formula is C31H41ClN2O5. The van der Waals surface area contributed by atoms with Crippen molar-refractivity contribution in [2.45, 2.75) is 77.9 Å². The van der Waals surface area contributed by atoms with Crippen LogP contribution in [0.25, 0.3) is 0 Å². The first-order valence-corrected chi connectivity index (χ1v) is 14.3. The average Bonchev–Trinajstić information content (AvgIpc) is 2.97. The van der Waals surface area contributed by atoms with Gasteiger partial charge in [0.2, 0.25) is 5.78 Å². The van der Waals surface area contributed by atoms with E-state index in [2.05, 4.69) is 4.84 Å². The number of ketones is 1. The fourth-order valence-corrected chi connectivity index (χ4v) is 4.72. The van der Waals surface area contributed by atoms with E-state index >= 15 is 0 Å². The number of amides is 1. The van der Waals surface area contributed by atoms with Gasteiger partial charge in [0.15, 0.2) is 0 Å². The first-order chi connectivity index (χ1) is 18.8. The lowest BCUT2D eigenvalue weighted by molar-refractivity contribution is -0.164. The van der Waals surface area contributed by atoms with Gasteiger partial charge in [0.1, 0.15) is 17.9 Å². The Morgan fingerprint density at radius 3 is 2.59 bits per heavy atom. The van der Waals surface area contributed by atoms with Crippen LogP contribution in [0.15, 0.2) is 54.6 Å². The number of halogens is 1. The molecule has 3 rings (SSSR count). The molecule has 0 radical (unpaired) electrons. The van der Waals surface area contributed by atoms with Crippen molar-refractivity contribution >= 4 is 29.4 Å². The number of aryl methyl sites for hydroxylation is 1. The third kappa shape index (κ3) is 8.80. The van der Waals surface area contributed by atoms with Gasteiger partial charge in [-0.25, -0.2) is 9.63 Å². The van der Waals surface area contributed by atoms with Crippen molar-refractivity contribution in [1.82, 2.24) is 9.74 Å². The van der Waals surface area contributed by atoms with E-state index in [1.165, 1.54) is 4.90 Å². The maximum absolute atomic E-state index is 13.6. The van der Waals surface area contributed by atoms with Crippen molar-refractivity contribution in [3.8, 4) is 5.75 Å². The number of carbonyl (C=O) groups is 3. The van der Waals surface area contributed by atoms with E-state index in [0.717, 1.165) is 30.4 Å². The average molecular weight is 557 g/mol. The van der Waals surface area contributed by atoms with E-state index in [4.69, 9.17) is 21.3 Å². The molecule has 2 aromatic carbocycles. The van der Waals surface area contributed by atoms with Crippen LogP contribution < -0.4 is 9.57 Å². The number of ether oxygens (including phenoxy) is 2. The molecule has 1 saturated heterocycles. The molecule has 2 aromatic rings. The highest BCUT2D eigenvalue weighted by Gasteiger charge is 2.41. The first-order valence-electron chi connectivity index (χ1n) is 13.9. The minimum atomic E-state index is -0.776. The van der Waals surface area contributed by atoms with Crippen LogP contribution >= 0.6 is 11.8 Å². The van der Waals surface area contributed by atoms with Crippen molar-refractivity contribution < 1.29 is 23.9 Å². The topological polar surface area (TPSA) is 84.9 Å². The van der Waals surface area contributed by atoms with Crippen molar-refractivity contribution in [3.05, 3.63) is 65.7 Å². The number of carbonyl (C=O) groups excluding carboxylic acids is 3. The summed E-state index contributed by atoms with van der Waals surface area (Å²) in [7, 11) is 0. The van der Waals surface area contributed by atoms with Crippen LogP contribution in [0.4, 0.5) is 0 Å². The van der Waals surface area contributed by atoms with E-state index in [-0.39, 0.29) is 0 Å². The summed E-state index contributed by atoms with van der Waals surface area (Å²) in [5, 5.41) is 0. The molecule has 0 unspecified atom stereocenters. The van der Waals surface area contributed by atoms with Crippen molar-refractivity contribution in [2.75, 3.05) is 19.7 Å². The van der Waals surface area contributed by atoms with Crippen LogP contribution in [0.2, 0.25) is 0 Å². The highest BCUT2D eigenvalue weighted by atomic mass is 35.5. The standard InChI is InChI=1S/C31H41ClN2O5/c1-4-31(2,3)28(35)29(36)34-20-9-8-16-26(34)30(37)39-27(18-17-23-12-6-5-7-13-23)24-14-10-15-25(22-24)38-21-11-19-33-32/h5-7,10,12-15,22,26-27,33H,4,8-9,11,16-21H2,1-3H3/t26-,27+/m0/s1. The Hall–Kier alpha value is -2.90. The highest BCUT2D eigenvalue weighted by molar-refractivity contribution is 6.38. The summed E-state index contributed by atoms with van der Waals surface area (Å²) < 4.78 is 12.0. The molecule has 1 aliphatic heterocycles. The number of piperidine rings is 1. The molecule has 2 atom stereocenters. The van der Waals surface area contributed by atoms with Gasteiger partial charge >= 0.3 is 5.97 Å². The van der Waals surface area contributed by atoms with Gasteiger partial charge in [0.05, 0.1) is 6.61 Å². The molecule has 1 amide bonds. The van der Waals surface area contributed by atoms with Gasteiger partial charge in [0.25, 0.3) is 5.91 Å². The SMILES string of the molecule is CCC(C)(C)C(=O)C(=O)N1CCCC[C@H]1C(=O)O[C@H](CCc1ccccc1)c1cccc(OCCCNCl)c1. The predicted octanol–water partition coefficient (Wildman–Crippen LogP) is 5.80. The Kier molecular flexibility index (Phi) is 11.8. The molecule has 0 aromatic heterocycles.